The second-order valence-corrected chi connectivity index (χ2v) is 7.94. The average molecular weight is 360 g/mol. The fourth-order valence-corrected chi connectivity index (χ4v) is 4.56. The van der Waals surface area contributed by atoms with E-state index in [1.165, 1.54) is 11.1 Å². The van der Waals surface area contributed by atoms with E-state index in [1.54, 1.807) is 0 Å². The van der Waals surface area contributed by atoms with E-state index >= 15 is 0 Å². The first-order valence-corrected chi connectivity index (χ1v) is 9.75. The average Bonchev–Trinajstić information content (AvgIpc) is 2.83. The third kappa shape index (κ3) is 4.34. The van der Waals surface area contributed by atoms with Gasteiger partial charge in [0.1, 0.15) is 0 Å². The first-order valence-electron chi connectivity index (χ1n) is 8.33. The number of halogens is 1. The number of rotatable bonds is 3. The zero-order chi connectivity index (χ0) is 16.9. The lowest BCUT2D eigenvalue weighted by atomic mass is 10.0. The number of aryl methyl sites for hydroxylation is 1. The summed E-state index contributed by atoms with van der Waals surface area (Å²) >= 11 is 7.88. The number of carbonyl (C=O) groups is 1. The van der Waals surface area contributed by atoms with Gasteiger partial charge in [-0.1, -0.05) is 48.0 Å². The Kier molecular flexibility index (Phi) is 5.85. The van der Waals surface area contributed by atoms with Crippen molar-refractivity contribution in [1.82, 2.24) is 4.90 Å². The van der Waals surface area contributed by atoms with E-state index in [9.17, 15) is 4.79 Å². The molecule has 3 rings (SSSR count). The van der Waals surface area contributed by atoms with Crippen LogP contribution in [0.1, 0.15) is 28.4 Å². The summed E-state index contributed by atoms with van der Waals surface area (Å²) in [6, 6.07) is 16.1. The number of nitrogens with zero attached hydrogens (tertiary/aromatic N) is 1. The van der Waals surface area contributed by atoms with E-state index in [-0.39, 0.29) is 5.91 Å². The zero-order valence-corrected chi connectivity index (χ0v) is 15.4. The molecule has 4 heteroatoms. The molecule has 1 fully saturated rings. The van der Waals surface area contributed by atoms with E-state index in [0.29, 0.717) is 16.7 Å². The lowest BCUT2D eigenvalue weighted by molar-refractivity contribution is -0.130. The molecule has 24 heavy (non-hydrogen) atoms. The predicted molar refractivity (Wildman–Crippen MR) is 103 cm³/mol. The zero-order valence-electron chi connectivity index (χ0n) is 13.9. The molecular formula is C20H22ClNOS. The molecule has 0 saturated carbocycles. The molecule has 2 aromatic carbocycles. The molecule has 0 aromatic heterocycles. The van der Waals surface area contributed by atoms with Crippen molar-refractivity contribution in [1.29, 1.82) is 0 Å². The standard InChI is InChI=1S/C20H22ClNOS/c1-15-4-2-3-5-18(15)19-10-11-22(12-13-24-19)20(23)14-16-6-8-17(21)9-7-16/h2-9,19H,10-14H2,1H3/t19-/m1/s1. The van der Waals surface area contributed by atoms with Crippen LogP contribution >= 0.6 is 23.4 Å². The highest BCUT2D eigenvalue weighted by Gasteiger charge is 2.22. The van der Waals surface area contributed by atoms with Gasteiger partial charge >= 0.3 is 0 Å². The monoisotopic (exact) mass is 359 g/mol. The molecule has 0 bridgehead atoms. The lowest BCUT2D eigenvalue weighted by Gasteiger charge is -2.21. The fourth-order valence-electron chi connectivity index (χ4n) is 3.10. The molecule has 1 heterocycles. The first-order chi connectivity index (χ1) is 11.6. The van der Waals surface area contributed by atoms with Crippen LogP contribution in [0.4, 0.5) is 0 Å². The molecule has 0 unspecified atom stereocenters. The number of hydrogen-bond donors (Lipinski definition) is 0. The maximum Gasteiger partial charge on any atom is 0.227 e. The number of amides is 1. The van der Waals surface area contributed by atoms with Gasteiger partial charge < -0.3 is 4.90 Å². The molecule has 1 aliphatic heterocycles. The maximum atomic E-state index is 12.6. The Balaban J connectivity index is 1.61. The topological polar surface area (TPSA) is 20.3 Å². The van der Waals surface area contributed by atoms with Crippen molar-refractivity contribution >= 4 is 29.3 Å². The highest BCUT2D eigenvalue weighted by atomic mass is 35.5. The van der Waals surface area contributed by atoms with Gasteiger partial charge in [-0.2, -0.15) is 11.8 Å². The molecular weight excluding hydrogens is 338 g/mol. The van der Waals surface area contributed by atoms with E-state index < -0.39 is 0 Å². The summed E-state index contributed by atoms with van der Waals surface area (Å²) in [5, 5.41) is 1.19. The molecule has 0 N–H and O–H groups in total. The third-order valence-electron chi connectivity index (χ3n) is 4.50. The van der Waals surface area contributed by atoms with Gasteiger partial charge in [-0.15, -0.1) is 0 Å². The van der Waals surface area contributed by atoms with E-state index in [2.05, 4.69) is 31.2 Å². The summed E-state index contributed by atoms with van der Waals surface area (Å²) in [5.74, 6) is 1.20. The fraction of sp³-hybridized carbons (Fsp3) is 0.350. The second kappa shape index (κ2) is 8.09. The molecule has 1 saturated heterocycles. The minimum Gasteiger partial charge on any atom is -0.342 e. The predicted octanol–water partition coefficient (Wildman–Crippen LogP) is 4.90. The Morgan fingerprint density at radius 2 is 1.92 bits per heavy atom. The quantitative estimate of drug-likeness (QED) is 0.777. The third-order valence-corrected chi connectivity index (χ3v) is 6.06. The summed E-state index contributed by atoms with van der Waals surface area (Å²) < 4.78 is 0. The second-order valence-electron chi connectivity index (χ2n) is 6.19. The van der Waals surface area contributed by atoms with Crippen LogP contribution in [0.25, 0.3) is 0 Å². The van der Waals surface area contributed by atoms with Crippen LogP contribution in [0.15, 0.2) is 48.5 Å². The van der Waals surface area contributed by atoms with Crippen molar-refractivity contribution in [3.63, 3.8) is 0 Å². The molecule has 1 amide bonds. The normalized spacial score (nSPS) is 18.2. The van der Waals surface area contributed by atoms with Crippen molar-refractivity contribution in [3.05, 3.63) is 70.2 Å². The molecule has 0 spiro atoms. The maximum absolute atomic E-state index is 12.6. The molecule has 0 aliphatic carbocycles. The van der Waals surface area contributed by atoms with Gasteiger partial charge in [-0.3, -0.25) is 4.79 Å². The van der Waals surface area contributed by atoms with Crippen molar-refractivity contribution in [2.75, 3.05) is 18.8 Å². The minimum absolute atomic E-state index is 0.211. The van der Waals surface area contributed by atoms with Crippen LogP contribution in [0.3, 0.4) is 0 Å². The van der Waals surface area contributed by atoms with Crippen LogP contribution in [0.5, 0.6) is 0 Å². The Morgan fingerprint density at radius 3 is 2.67 bits per heavy atom. The van der Waals surface area contributed by atoms with Gasteiger partial charge in [0, 0.05) is 29.1 Å². The number of benzene rings is 2. The number of carbonyl (C=O) groups excluding carboxylic acids is 1. The molecule has 2 aromatic rings. The Labute approximate surface area is 153 Å². The SMILES string of the molecule is Cc1ccccc1[C@H]1CCN(C(=O)Cc2ccc(Cl)cc2)CCS1. The minimum atomic E-state index is 0.211. The molecule has 0 radical (unpaired) electrons. The van der Waals surface area contributed by atoms with Gasteiger partial charge in [0.05, 0.1) is 6.42 Å². The summed E-state index contributed by atoms with van der Waals surface area (Å²) in [7, 11) is 0. The smallest absolute Gasteiger partial charge is 0.227 e. The summed E-state index contributed by atoms with van der Waals surface area (Å²) in [5.41, 5.74) is 3.78. The van der Waals surface area contributed by atoms with E-state index in [4.69, 9.17) is 11.6 Å². The summed E-state index contributed by atoms with van der Waals surface area (Å²) in [6.07, 6.45) is 1.47. The number of thioether (sulfide) groups is 1. The van der Waals surface area contributed by atoms with Gasteiger partial charge in [0.25, 0.3) is 0 Å². The van der Waals surface area contributed by atoms with Crippen LogP contribution in [-0.2, 0) is 11.2 Å². The Morgan fingerprint density at radius 1 is 1.17 bits per heavy atom. The highest BCUT2D eigenvalue weighted by molar-refractivity contribution is 7.99. The van der Waals surface area contributed by atoms with Gasteiger partial charge in [-0.25, -0.2) is 0 Å². The van der Waals surface area contributed by atoms with Crippen LogP contribution in [0.2, 0.25) is 5.02 Å². The van der Waals surface area contributed by atoms with Crippen molar-refractivity contribution < 1.29 is 4.79 Å². The number of hydrogen-bond acceptors (Lipinski definition) is 2. The summed E-state index contributed by atoms with van der Waals surface area (Å²) in [6.45, 7) is 3.84. The highest BCUT2D eigenvalue weighted by Crippen LogP contribution is 2.36. The van der Waals surface area contributed by atoms with Crippen molar-refractivity contribution in [3.8, 4) is 0 Å². The van der Waals surface area contributed by atoms with Crippen LogP contribution in [-0.4, -0.2) is 29.6 Å². The van der Waals surface area contributed by atoms with E-state index in [0.717, 1.165) is 30.8 Å². The Bertz CT molecular complexity index is 701. The van der Waals surface area contributed by atoms with Crippen LogP contribution < -0.4 is 0 Å². The Hall–Kier alpha value is -1.45. The molecule has 1 atom stereocenters. The van der Waals surface area contributed by atoms with Crippen LogP contribution in [0, 0.1) is 6.92 Å². The largest absolute Gasteiger partial charge is 0.342 e. The van der Waals surface area contributed by atoms with Gasteiger partial charge in [-0.05, 0) is 42.2 Å². The molecule has 2 nitrogen and oxygen atoms in total. The lowest BCUT2D eigenvalue weighted by Crippen LogP contribution is -2.34. The van der Waals surface area contributed by atoms with Crippen molar-refractivity contribution in [2.24, 2.45) is 0 Å². The summed E-state index contributed by atoms with van der Waals surface area (Å²) in [4.78, 5) is 14.6. The first kappa shape index (κ1) is 17.4. The van der Waals surface area contributed by atoms with E-state index in [1.807, 2.05) is 40.9 Å². The van der Waals surface area contributed by atoms with Gasteiger partial charge in [0.2, 0.25) is 5.91 Å². The molecule has 126 valence electrons. The van der Waals surface area contributed by atoms with Gasteiger partial charge in [0.15, 0.2) is 0 Å². The van der Waals surface area contributed by atoms with Crippen molar-refractivity contribution in [2.45, 2.75) is 25.0 Å². The molecule has 1 aliphatic rings.